The Bertz CT molecular complexity index is 438. The normalized spacial score (nSPS) is 14.4. The van der Waals surface area contributed by atoms with E-state index >= 15 is 0 Å². The van der Waals surface area contributed by atoms with Gasteiger partial charge in [0.1, 0.15) is 6.04 Å². The quantitative estimate of drug-likeness (QED) is 0.379. The highest BCUT2D eigenvalue weighted by Gasteiger charge is 2.30. The number of amides is 2. The molecule has 138 valence electrons. The van der Waals surface area contributed by atoms with E-state index in [1.165, 1.54) is 7.05 Å². The first-order valence-corrected chi connectivity index (χ1v) is 8.31. The molecule has 3 atom stereocenters. The zero-order valence-corrected chi connectivity index (χ0v) is 15.1. The molecule has 0 aliphatic rings. The van der Waals surface area contributed by atoms with Crippen LogP contribution in [0.4, 0.5) is 0 Å². The molecule has 7 nitrogen and oxygen atoms in total. The lowest BCUT2D eigenvalue weighted by Gasteiger charge is -2.23. The van der Waals surface area contributed by atoms with Crippen LogP contribution < -0.4 is 16.4 Å². The van der Waals surface area contributed by atoms with Crippen LogP contribution in [0.2, 0.25) is 0 Å². The van der Waals surface area contributed by atoms with Crippen molar-refractivity contribution < 1.29 is 19.1 Å². The minimum atomic E-state index is -0.919. The maximum atomic E-state index is 12.2. The maximum absolute atomic E-state index is 12.2. The molecule has 0 radical (unpaired) electrons. The first kappa shape index (κ1) is 22.1. The van der Waals surface area contributed by atoms with Crippen molar-refractivity contribution in [1.82, 2.24) is 10.6 Å². The van der Waals surface area contributed by atoms with Gasteiger partial charge < -0.3 is 21.1 Å². The van der Waals surface area contributed by atoms with Gasteiger partial charge in [0.05, 0.1) is 12.6 Å². The standard InChI is InChI=1S/C17H31N3O4/c1-6-8-12(15(21)19-5)10-14(17(23)24-7-2)20-16(22)13(18)9-11(3)4/h6,11-14H,1,7-10,18H2,2-5H3,(H,19,21)(H,20,22)/t12?,13-,14-/m0/s1. The summed E-state index contributed by atoms with van der Waals surface area (Å²) in [5.74, 6) is -1.43. The third-order valence-electron chi connectivity index (χ3n) is 3.54. The van der Waals surface area contributed by atoms with Crippen LogP contribution in [0.25, 0.3) is 0 Å². The second-order valence-corrected chi connectivity index (χ2v) is 6.12. The van der Waals surface area contributed by atoms with Crippen molar-refractivity contribution in [2.75, 3.05) is 13.7 Å². The van der Waals surface area contributed by atoms with Crippen molar-refractivity contribution in [3.63, 3.8) is 0 Å². The number of rotatable bonds is 11. The average molecular weight is 341 g/mol. The summed E-state index contributed by atoms with van der Waals surface area (Å²) in [5, 5.41) is 5.17. The Hall–Kier alpha value is -1.89. The molecule has 0 saturated heterocycles. The van der Waals surface area contributed by atoms with E-state index in [2.05, 4.69) is 17.2 Å². The Morgan fingerprint density at radius 2 is 1.83 bits per heavy atom. The molecule has 2 amide bonds. The molecule has 0 saturated carbocycles. The fourth-order valence-corrected chi connectivity index (χ4v) is 2.35. The van der Waals surface area contributed by atoms with Crippen molar-refractivity contribution in [3.05, 3.63) is 12.7 Å². The highest BCUT2D eigenvalue weighted by Crippen LogP contribution is 2.14. The number of carbonyl (C=O) groups is 3. The molecule has 0 aliphatic carbocycles. The zero-order valence-electron chi connectivity index (χ0n) is 15.1. The summed E-state index contributed by atoms with van der Waals surface area (Å²) in [5.41, 5.74) is 5.86. The van der Waals surface area contributed by atoms with Gasteiger partial charge in [-0.05, 0) is 32.1 Å². The molecule has 0 fully saturated rings. The molecule has 0 aromatic heterocycles. The van der Waals surface area contributed by atoms with Crippen molar-refractivity contribution in [3.8, 4) is 0 Å². The van der Waals surface area contributed by atoms with Gasteiger partial charge in [-0.25, -0.2) is 4.79 Å². The van der Waals surface area contributed by atoms with E-state index in [0.717, 1.165) is 0 Å². The summed E-state index contributed by atoms with van der Waals surface area (Å²) in [6.45, 7) is 9.42. The summed E-state index contributed by atoms with van der Waals surface area (Å²) >= 11 is 0. The van der Waals surface area contributed by atoms with Gasteiger partial charge in [-0.15, -0.1) is 6.58 Å². The number of hydrogen-bond donors (Lipinski definition) is 3. The van der Waals surface area contributed by atoms with Crippen LogP contribution >= 0.6 is 0 Å². The largest absolute Gasteiger partial charge is 0.464 e. The monoisotopic (exact) mass is 341 g/mol. The molecule has 0 bridgehead atoms. The second-order valence-electron chi connectivity index (χ2n) is 6.12. The van der Waals surface area contributed by atoms with Crippen LogP contribution in [0, 0.1) is 11.8 Å². The lowest BCUT2D eigenvalue weighted by Crippen LogP contribution is -2.50. The third-order valence-corrected chi connectivity index (χ3v) is 3.54. The fourth-order valence-electron chi connectivity index (χ4n) is 2.35. The SMILES string of the molecule is C=CCC(C[C@H](NC(=O)[C@@H](N)CC(C)C)C(=O)OCC)C(=O)NC. The van der Waals surface area contributed by atoms with Crippen LogP contribution in [0.3, 0.4) is 0 Å². The maximum Gasteiger partial charge on any atom is 0.328 e. The first-order chi connectivity index (χ1) is 11.3. The number of nitrogens with two attached hydrogens (primary N) is 1. The highest BCUT2D eigenvalue weighted by molar-refractivity contribution is 5.88. The second kappa shape index (κ2) is 11.6. The summed E-state index contributed by atoms with van der Waals surface area (Å²) in [6.07, 6.45) is 2.63. The number of nitrogens with one attached hydrogen (secondary N) is 2. The van der Waals surface area contributed by atoms with E-state index < -0.39 is 29.9 Å². The van der Waals surface area contributed by atoms with E-state index in [9.17, 15) is 14.4 Å². The molecular weight excluding hydrogens is 310 g/mol. The van der Waals surface area contributed by atoms with Crippen LogP contribution in [-0.2, 0) is 19.1 Å². The summed E-state index contributed by atoms with van der Waals surface area (Å²) in [4.78, 5) is 36.3. The smallest absolute Gasteiger partial charge is 0.328 e. The molecule has 4 N–H and O–H groups in total. The van der Waals surface area contributed by atoms with Crippen molar-refractivity contribution in [2.45, 2.75) is 52.1 Å². The van der Waals surface area contributed by atoms with E-state index in [0.29, 0.717) is 12.8 Å². The molecule has 24 heavy (non-hydrogen) atoms. The molecular formula is C17H31N3O4. The topological polar surface area (TPSA) is 111 Å². The summed E-state index contributed by atoms with van der Waals surface area (Å²) < 4.78 is 5.01. The zero-order chi connectivity index (χ0) is 18.7. The first-order valence-electron chi connectivity index (χ1n) is 8.31. The van der Waals surface area contributed by atoms with Gasteiger partial charge in [0.2, 0.25) is 11.8 Å². The van der Waals surface area contributed by atoms with E-state index in [1.54, 1.807) is 13.0 Å². The fraction of sp³-hybridized carbons (Fsp3) is 0.706. The van der Waals surface area contributed by atoms with Gasteiger partial charge in [-0.1, -0.05) is 19.9 Å². The third kappa shape index (κ3) is 8.10. The van der Waals surface area contributed by atoms with Gasteiger partial charge in [0.25, 0.3) is 0 Å². The van der Waals surface area contributed by atoms with Crippen LogP contribution in [0.15, 0.2) is 12.7 Å². The van der Waals surface area contributed by atoms with Crippen LogP contribution in [-0.4, -0.2) is 43.5 Å². The number of ether oxygens (including phenoxy) is 1. The Kier molecular flexibility index (Phi) is 10.7. The van der Waals surface area contributed by atoms with Gasteiger partial charge in [0.15, 0.2) is 0 Å². The highest BCUT2D eigenvalue weighted by atomic mass is 16.5. The Balaban J connectivity index is 5.08. The van der Waals surface area contributed by atoms with Crippen LogP contribution in [0.5, 0.6) is 0 Å². The van der Waals surface area contributed by atoms with Gasteiger partial charge in [-0.2, -0.15) is 0 Å². The number of allylic oxidation sites excluding steroid dienone is 1. The average Bonchev–Trinajstić information content (AvgIpc) is 2.52. The van der Waals surface area contributed by atoms with Gasteiger partial charge >= 0.3 is 5.97 Å². The van der Waals surface area contributed by atoms with Crippen molar-refractivity contribution in [1.29, 1.82) is 0 Å². The minimum absolute atomic E-state index is 0.130. The van der Waals surface area contributed by atoms with Crippen LogP contribution in [0.1, 0.15) is 40.0 Å². The van der Waals surface area contributed by atoms with Crippen molar-refractivity contribution >= 4 is 17.8 Å². The molecule has 1 unspecified atom stereocenters. The van der Waals surface area contributed by atoms with Gasteiger partial charge in [0, 0.05) is 13.0 Å². The Morgan fingerprint density at radius 3 is 2.29 bits per heavy atom. The molecule has 7 heteroatoms. The van der Waals surface area contributed by atoms with E-state index in [-0.39, 0.29) is 24.9 Å². The predicted octanol–water partition coefficient (Wildman–Crippen LogP) is 0.736. The summed E-state index contributed by atoms with van der Waals surface area (Å²) in [7, 11) is 1.52. The minimum Gasteiger partial charge on any atom is -0.464 e. The van der Waals surface area contributed by atoms with E-state index in [1.807, 2.05) is 13.8 Å². The lowest BCUT2D eigenvalue weighted by molar-refractivity contribution is -0.148. The molecule has 0 aromatic carbocycles. The predicted molar refractivity (Wildman–Crippen MR) is 93.0 cm³/mol. The molecule has 0 rings (SSSR count). The number of hydrogen-bond acceptors (Lipinski definition) is 5. The Morgan fingerprint density at radius 1 is 1.21 bits per heavy atom. The number of carbonyl (C=O) groups excluding carboxylic acids is 3. The van der Waals surface area contributed by atoms with Gasteiger partial charge in [-0.3, -0.25) is 9.59 Å². The molecule has 0 aromatic rings. The Labute approximate surface area is 144 Å². The molecule has 0 spiro atoms. The molecule has 0 heterocycles. The van der Waals surface area contributed by atoms with Crippen molar-refractivity contribution in [2.24, 2.45) is 17.6 Å². The number of esters is 1. The summed E-state index contributed by atoms with van der Waals surface area (Å²) in [6, 6.07) is -1.63. The lowest BCUT2D eigenvalue weighted by atomic mass is 9.95. The van der Waals surface area contributed by atoms with E-state index in [4.69, 9.17) is 10.5 Å². The molecule has 0 aliphatic heterocycles.